The summed E-state index contributed by atoms with van der Waals surface area (Å²) < 4.78 is 5.27. The van der Waals surface area contributed by atoms with Crippen LogP contribution >= 0.6 is 0 Å². The van der Waals surface area contributed by atoms with Gasteiger partial charge in [-0.3, -0.25) is 14.4 Å². The molecule has 0 aromatic heterocycles. The quantitative estimate of drug-likeness (QED) is 0.607. The second kappa shape index (κ2) is 10.7. The predicted octanol–water partition coefficient (Wildman–Crippen LogP) is 3.14. The van der Waals surface area contributed by atoms with Crippen LogP contribution in [0.3, 0.4) is 0 Å². The van der Waals surface area contributed by atoms with E-state index < -0.39 is 5.92 Å². The molecule has 7 heteroatoms. The number of hydrogen-bond donors (Lipinski definition) is 2. The van der Waals surface area contributed by atoms with E-state index in [1.165, 1.54) is 0 Å². The van der Waals surface area contributed by atoms with Crippen LogP contribution in [0.15, 0.2) is 48.5 Å². The van der Waals surface area contributed by atoms with E-state index in [2.05, 4.69) is 10.6 Å². The summed E-state index contributed by atoms with van der Waals surface area (Å²) in [6, 6.07) is 14.5. The molecule has 2 aromatic rings. The lowest BCUT2D eigenvalue weighted by Crippen LogP contribution is -2.30. The van der Waals surface area contributed by atoms with Gasteiger partial charge >= 0.3 is 0 Å². The van der Waals surface area contributed by atoms with Crippen molar-refractivity contribution in [1.82, 2.24) is 5.32 Å². The van der Waals surface area contributed by atoms with Crippen molar-refractivity contribution in [3.05, 3.63) is 59.7 Å². The summed E-state index contributed by atoms with van der Waals surface area (Å²) in [7, 11) is 0. The Hall–Kier alpha value is -3.19. The minimum atomic E-state index is -0.476. The van der Waals surface area contributed by atoms with E-state index in [0.717, 1.165) is 11.3 Å². The van der Waals surface area contributed by atoms with Gasteiger partial charge in [-0.05, 0) is 44.5 Å². The van der Waals surface area contributed by atoms with Crippen LogP contribution in [-0.4, -0.2) is 44.0 Å². The third kappa shape index (κ3) is 5.92. The zero-order valence-corrected chi connectivity index (χ0v) is 18.0. The number of carbonyl (C=O) groups is 3. The number of hydrogen-bond acceptors (Lipinski definition) is 4. The standard InChI is InChI=1S/C24H29N3O4/c1-3-31-14-6-13-25-24(30)20-7-4-5-8-21(20)26-23(29)18-15-22(28)27(16-18)19-11-9-17(2)10-12-19/h4-5,7-12,18H,3,6,13-16H2,1-2H3,(H,25,30)(H,26,29). The average molecular weight is 424 g/mol. The molecular weight excluding hydrogens is 394 g/mol. The minimum absolute atomic E-state index is 0.0793. The number of anilines is 2. The van der Waals surface area contributed by atoms with Crippen molar-refractivity contribution >= 4 is 29.1 Å². The molecular formula is C24H29N3O4. The second-order valence-corrected chi connectivity index (χ2v) is 7.58. The Morgan fingerprint density at radius 1 is 1.13 bits per heavy atom. The Morgan fingerprint density at radius 2 is 1.87 bits per heavy atom. The Balaban J connectivity index is 1.61. The molecule has 1 saturated heterocycles. The highest BCUT2D eigenvalue weighted by molar-refractivity contribution is 6.07. The van der Waals surface area contributed by atoms with Gasteiger partial charge in [0, 0.05) is 38.4 Å². The lowest BCUT2D eigenvalue weighted by Gasteiger charge is -2.17. The van der Waals surface area contributed by atoms with Crippen LogP contribution in [-0.2, 0) is 14.3 Å². The van der Waals surface area contributed by atoms with Crippen LogP contribution in [0.1, 0.15) is 35.7 Å². The van der Waals surface area contributed by atoms with Gasteiger partial charge in [0.1, 0.15) is 0 Å². The maximum absolute atomic E-state index is 12.9. The average Bonchev–Trinajstić information content (AvgIpc) is 3.16. The van der Waals surface area contributed by atoms with Gasteiger partial charge in [-0.2, -0.15) is 0 Å². The highest BCUT2D eigenvalue weighted by Crippen LogP contribution is 2.27. The molecule has 1 heterocycles. The predicted molar refractivity (Wildman–Crippen MR) is 120 cm³/mol. The highest BCUT2D eigenvalue weighted by Gasteiger charge is 2.35. The first kappa shape index (κ1) is 22.5. The molecule has 31 heavy (non-hydrogen) atoms. The molecule has 1 atom stereocenters. The molecule has 2 aromatic carbocycles. The summed E-state index contributed by atoms with van der Waals surface area (Å²) in [6.07, 6.45) is 0.860. The van der Waals surface area contributed by atoms with E-state index in [-0.39, 0.29) is 24.1 Å². The fourth-order valence-electron chi connectivity index (χ4n) is 3.50. The number of rotatable bonds is 9. The molecule has 3 amide bonds. The van der Waals surface area contributed by atoms with Crippen molar-refractivity contribution < 1.29 is 19.1 Å². The molecule has 1 aliphatic rings. The molecule has 0 radical (unpaired) electrons. The summed E-state index contributed by atoms with van der Waals surface area (Å²) >= 11 is 0. The normalized spacial score (nSPS) is 15.7. The highest BCUT2D eigenvalue weighted by atomic mass is 16.5. The number of benzene rings is 2. The molecule has 164 valence electrons. The van der Waals surface area contributed by atoms with Gasteiger partial charge in [-0.1, -0.05) is 29.8 Å². The van der Waals surface area contributed by atoms with Gasteiger partial charge in [0.25, 0.3) is 5.91 Å². The van der Waals surface area contributed by atoms with Crippen molar-refractivity contribution in [3.8, 4) is 0 Å². The first-order valence-electron chi connectivity index (χ1n) is 10.6. The van der Waals surface area contributed by atoms with Crippen LogP contribution in [0.4, 0.5) is 11.4 Å². The number of amides is 3. The maximum Gasteiger partial charge on any atom is 0.253 e. The zero-order chi connectivity index (χ0) is 22.2. The summed E-state index contributed by atoms with van der Waals surface area (Å²) in [4.78, 5) is 39.5. The second-order valence-electron chi connectivity index (χ2n) is 7.58. The van der Waals surface area contributed by atoms with Crippen molar-refractivity contribution in [1.29, 1.82) is 0 Å². The maximum atomic E-state index is 12.9. The summed E-state index contributed by atoms with van der Waals surface area (Å²) in [5, 5.41) is 5.69. The minimum Gasteiger partial charge on any atom is -0.382 e. The van der Waals surface area contributed by atoms with Gasteiger partial charge in [0.2, 0.25) is 11.8 Å². The van der Waals surface area contributed by atoms with Crippen LogP contribution in [0, 0.1) is 12.8 Å². The number of nitrogens with one attached hydrogen (secondary N) is 2. The van der Waals surface area contributed by atoms with Crippen molar-refractivity contribution in [2.75, 3.05) is 36.5 Å². The summed E-state index contributed by atoms with van der Waals surface area (Å²) in [6.45, 7) is 5.95. The van der Waals surface area contributed by atoms with E-state index >= 15 is 0 Å². The lowest BCUT2D eigenvalue weighted by molar-refractivity contribution is -0.122. The smallest absolute Gasteiger partial charge is 0.253 e. The molecule has 0 aliphatic carbocycles. The van der Waals surface area contributed by atoms with Crippen LogP contribution in [0.5, 0.6) is 0 Å². The van der Waals surface area contributed by atoms with Gasteiger partial charge < -0.3 is 20.3 Å². The van der Waals surface area contributed by atoms with E-state index in [1.807, 2.05) is 38.1 Å². The molecule has 3 rings (SSSR count). The number of para-hydroxylation sites is 1. The molecule has 2 N–H and O–H groups in total. The fraction of sp³-hybridized carbons (Fsp3) is 0.375. The van der Waals surface area contributed by atoms with Gasteiger partial charge in [0.05, 0.1) is 17.2 Å². The number of aryl methyl sites for hydroxylation is 1. The van der Waals surface area contributed by atoms with Crippen molar-refractivity contribution in [2.24, 2.45) is 5.92 Å². The van der Waals surface area contributed by atoms with Crippen LogP contribution in [0.2, 0.25) is 0 Å². The van der Waals surface area contributed by atoms with Gasteiger partial charge in [-0.15, -0.1) is 0 Å². The topological polar surface area (TPSA) is 87.7 Å². The first-order valence-corrected chi connectivity index (χ1v) is 10.6. The largest absolute Gasteiger partial charge is 0.382 e. The fourth-order valence-corrected chi connectivity index (χ4v) is 3.50. The number of nitrogens with zero attached hydrogens (tertiary/aromatic N) is 1. The number of carbonyl (C=O) groups excluding carboxylic acids is 3. The van der Waals surface area contributed by atoms with E-state index in [0.29, 0.717) is 44.0 Å². The first-order chi connectivity index (χ1) is 15.0. The van der Waals surface area contributed by atoms with Crippen LogP contribution < -0.4 is 15.5 Å². The molecule has 7 nitrogen and oxygen atoms in total. The van der Waals surface area contributed by atoms with E-state index in [9.17, 15) is 14.4 Å². The molecule has 1 unspecified atom stereocenters. The van der Waals surface area contributed by atoms with E-state index in [1.54, 1.807) is 29.2 Å². The van der Waals surface area contributed by atoms with E-state index in [4.69, 9.17) is 4.74 Å². The van der Waals surface area contributed by atoms with Crippen molar-refractivity contribution in [2.45, 2.75) is 26.7 Å². The lowest BCUT2D eigenvalue weighted by atomic mass is 10.1. The van der Waals surface area contributed by atoms with Gasteiger partial charge in [-0.25, -0.2) is 0 Å². The summed E-state index contributed by atoms with van der Waals surface area (Å²) in [5.74, 6) is -1.07. The molecule has 0 bridgehead atoms. The molecule has 0 spiro atoms. The SMILES string of the molecule is CCOCCCNC(=O)c1ccccc1NC(=O)C1CC(=O)N(c2ccc(C)cc2)C1. The number of ether oxygens (including phenoxy) is 1. The zero-order valence-electron chi connectivity index (χ0n) is 18.0. The Morgan fingerprint density at radius 3 is 2.61 bits per heavy atom. The van der Waals surface area contributed by atoms with Crippen molar-refractivity contribution in [3.63, 3.8) is 0 Å². The Labute approximate surface area is 182 Å². The third-order valence-corrected chi connectivity index (χ3v) is 5.23. The Kier molecular flexibility index (Phi) is 7.78. The third-order valence-electron chi connectivity index (χ3n) is 5.23. The molecule has 1 aliphatic heterocycles. The van der Waals surface area contributed by atoms with Crippen LogP contribution in [0.25, 0.3) is 0 Å². The molecule has 0 saturated carbocycles. The molecule has 1 fully saturated rings. The Bertz CT molecular complexity index is 927. The monoisotopic (exact) mass is 423 g/mol. The van der Waals surface area contributed by atoms with Gasteiger partial charge in [0.15, 0.2) is 0 Å². The summed E-state index contributed by atoms with van der Waals surface area (Å²) in [5.41, 5.74) is 2.73.